The quantitative estimate of drug-likeness (QED) is 0.445. The maximum atomic E-state index is 14.2. The molecule has 0 aliphatic rings. The van der Waals surface area contributed by atoms with Gasteiger partial charge in [0.15, 0.2) is 11.5 Å². The molecule has 0 atom stereocenters. The maximum absolute atomic E-state index is 14.2. The summed E-state index contributed by atoms with van der Waals surface area (Å²) in [5.74, 6) is -1.42. The van der Waals surface area contributed by atoms with Crippen LogP contribution < -0.4 is 5.73 Å². The van der Waals surface area contributed by atoms with Gasteiger partial charge in [0.05, 0.1) is 24.0 Å². The smallest absolute Gasteiger partial charge is 0.316 e. The van der Waals surface area contributed by atoms with Crippen LogP contribution in [0.15, 0.2) is 42.7 Å². The Morgan fingerprint density at radius 3 is 2.70 bits per heavy atom. The predicted molar refractivity (Wildman–Crippen MR) is 118 cm³/mol. The first kappa shape index (κ1) is 22.3. The van der Waals surface area contributed by atoms with Crippen LogP contribution in [-0.4, -0.2) is 37.3 Å². The molecule has 0 bridgehead atoms. The van der Waals surface area contributed by atoms with Gasteiger partial charge in [-0.1, -0.05) is 6.07 Å². The lowest BCUT2D eigenvalue weighted by molar-refractivity contribution is -0.148. The third-order valence-electron chi connectivity index (χ3n) is 5.33. The average molecular weight is 452 g/mol. The summed E-state index contributed by atoms with van der Waals surface area (Å²) in [7, 11) is 0. The van der Waals surface area contributed by atoms with Gasteiger partial charge in [0.25, 0.3) is 0 Å². The SMILES string of the molecule is CCOC(=O)C(C)(C)c1cnc(-c2nn(Cc3ccc(F)cc3F)c3ncccc23)nc1N. The lowest BCUT2D eigenvalue weighted by Crippen LogP contribution is -2.32. The van der Waals surface area contributed by atoms with Crippen molar-refractivity contribution in [2.75, 3.05) is 12.3 Å². The topological polar surface area (TPSA) is 109 Å². The van der Waals surface area contributed by atoms with Gasteiger partial charge in [0, 0.05) is 29.6 Å². The Morgan fingerprint density at radius 1 is 1.21 bits per heavy atom. The van der Waals surface area contributed by atoms with E-state index < -0.39 is 23.0 Å². The second-order valence-electron chi connectivity index (χ2n) is 7.95. The van der Waals surface area contributed by atoms with E-state index in [1.54, 1.807) is 39.1 Å². The number of fused-ring (bicyclic) bond motifs is 1. The number of hydrogen-bond acceptors (Lipinski definition) is 7. The normalized spacial score (nSPS) is 11.7. The number of nitrogens with two attached hydrogens (primary N) is 1. The summed E-state index contributed by atoms with van der Waals surface area (Å²) in [4.78, 5) is 25.5. The van der Waals surface area contributed by atoms with Crippen molar-refractivity contribution in [2.24, 2.45) is 0 Å². The number of benzene rings is 1. The highest BCUT2D eigenvalue weighted by Gasteiger charge is 2.34. The molecule has 1 aromatic carbocycles. The van der Waals surface area contributed by atoms with Gasteiger partial charge in [-0.2, -0.15) is 5.10 Å². The largest absolute Gasteiger partial charge is 0.465 e. The Kier molecular flexibility index (Phi) is 5.75. The number of rotatable bonds is 6. The third-order valence-corrected chi connectivity index (χ3v) is 5.33. The van der Waals surface area contributed by atoms with E-state index in [1.165, 1.54) is 23.0 Å². The van der Waals surface area contributed by atoms with Crippen LogP contribution in [-0.2, 0) is 21.5 Å². The molecular weight excluding hydrogens is 430 g/mol. The summed E-state index contributed by atoms with van der Waals surface area (Å²) in [5, 5.41) is 5.17. The van der Waals surface area contributed by atoms with E-state index in [-0.39, 0.29) is 30.4 Å². The average Bonchev–Trinajstić information content (AvgIpc) is 3.14. The zero-order valence-corrected chi connectivity index (χ0v) is 18.3. The predicted octanol–water partition coefficient (Wildman–Crippen LogP) is 3.64. The van der Waals surface area contributed by atoms with E-state index in [9.17, 15) is 13.6 Å². The van der Waals surface area contributed by atoms with Gasteiger partial charge in [0.2, 0.25) is 0 Å². The lowest BCUT2D eigenvalue weighted by Gasteiger charge is -2.23. The second kappa shape index (κ2) is 8.53. The highest BCUT2D eigenvalue weighted by atomic mass is 19.1. The van der Waals surface area contributed by atoms with E-state index in [4.69, 9.17) is 10.5 Å². The standard InChI is InChI=1S/C23H22F2N6O2/c1-4-33-22(32)23(2,3)16-11-28-20(29-19(16)26)18-15-6-5-9-27-21(15)31(30-18)12-13-7-8-14(24)10-17(13)25/h5-11H,4,12H2,1-3H3,(H2,26,28,29). The molecule has 4 aromatic rings. The summed E-state index contributed by atoms with van der Waals surface area (Å²) >= 11 is 0. The number of pyridine rings is 1. The molecule has 10 heteroatoms. The lowest BCUT2D eigenvalue weighted by atomic mass is 9.86. The van der Waals surface area contributed by atoms with Crippen molar-refractivity contribution >= 4 is 22.8 Å². The van der Waals surface area contributed by atoms with E-state index >= 15 is 0 Å². The fourth-order valence-electron chi connectivity index (χ4n) is 3.51. The molecule has 0 amide bonds. The first-order chi connectivity index (χ1) is 15.7. The van der Waals surface area contributed by atoms with E-state index in [0.717, 1.165) is 6.07 Å². The molecule has 0 saturated carbocycles. The van der Waals surface area contributed by atoms with E-state index in [2.05, 4.69) is 20.1 Å². The Morgan fingerprint density at radius 2 is 2.00 bits per heavy atom. The van der Waals surface area contributed by atoms with Crippen molar-refractivity contribution in [1.82, 2.24) is 24.7 Å². The second-order valence-corrected chi connectivity index (χ2v) is 7.95. The third kappa shape index (κ3) is 4.11. The van der Waals surface area contributed by atoms with Gasteiger partial charge in [-0.3, -0.25) is 4.79 Å². The summed E-state index contributed by atoms with van der Waals surface area (Å²) in [6.45, 7) is 5.37. The number of hydrogen-bond donors (Lipinski definition) is 1. The zero-order valence-electron chi connectivity index (χ0n) is 18.3. The minimum Gasteiger partial charge on any atom is -0.465 e. The number of esters is 1. The minimum absolute atomic E-state index is 0.0308. The summed E-state index contributed by atoms with van der Waals surface area (Å²) in [6, 6.07) is 6.90. The molecular formula is C23H22F2N6O2. The Bertz CT molecular complexity index is 1350. The van der Waals surface area contributed by atoms with Crippen LogP contribution in [0.3, 0.4) is 0 Å². The molecule has 0 aliphatic carbocycles. The highest BCUT2D eigenvalue weighted by molar-refractivity contribution is 5.89. The summed E-state index contributed by atoms with van der Waals surface area (Å²) < 4.78 is 34.1. The summed E-state index contributed by atoms with van der Waals surface area (Å²) in [5.41, 5.74) is 6.72. The zero-order chi connectivity index (χ0) is 23.8. The molecule has 0 spiro atoms. The van der Waals surface area contributed by atoms with Gasteiger partial charge in [-0.05, 0) is 39.0 Å². The van der Waals surface area contributed by atoms with Crippen LogP contribution in [0.1, 0.15) is 31.9 Å². The van der Waals surface area contributed by atoms with Crippen molar-refractivity contribution < 1.29 is 18.3 Å². The molecule has 0 saturated heterocycles. The molecule has 0 radical (unpaired) electrons. The van der Waals surface area contributed by atoms with Gasteiger partial charge in [-0.25, -0.2) is 28.4 Å². The number of carbonyl (C=O) groups is 1. The molecule has 3 aromatic heterocycles. The van der Waals surface area contributed by atoms with E-state index in [0.29, 0.717) is 22.3 Å². The highest BCUT2D eigenvalue weighted by Crippen LogP contribution is 2.31. The monoisotopic (exact) mass is 452 g/mol. The minimum atomic E-state index is -1.04. The number of aromatic nitrogens is 5. The first-order valence-corrected chi connectivity index (χ1v) is 10.3. The van der Waals surface area contributed by atoms with Crippen LogP contribution in [0.2, 0.25) is 0 Å². The maximum Gasteiger partial charge on any atom is 0.316 e. The molecule has 4 rings (SSSR count). The number of carbonyl (C=O) groups excluding carboxylic acids is 1. The van der Waals surface area contributed by atoms with Gasteiger partial charge < -0.3 is 10.5 Å². The van der Waals surface area contributed by atoms with Crippen molar-refractivity contribution in [3.8, 4) is 11.5 Å². The number of anilines is 1. The number of nitrogens with zero attached hydrogens (tertiary/aromatic N) is 5. The van der Waals surface area contributed by atoms with E-state index in [1.807, 2.05) is 0 Å². The van der Waals surface area contributed by atoms with Crippen molar-refractivity contribution in [1.29, 1.82) is 0 Å². The van der Waals surface area contributed by atoms with Crippen LogP contribution >= 0.6 is 0 Å². The number of halogens is 2. The van der Waals surface area contributed by atoms with Crippen LogP contribution in [0.4, 0.5) is 14.6 Å². The molecule has 170 valence electrons. The molecule has 0 unspecified atom stereocenters. The van der Waals surface area contributed by atoms with Crippen molar-refractivity contribution in [3.63, 3.8) is 0 Å². The van der Waals surface area contributed by atoms with Crippen LogP contribution in [0, 0.1) is 11.6 Å². The molecule has 0 aliphatic heterocycles. The Balaban J connectivity index is 1.76. The molecule has 0 fully saturated rings. The van der Waals surface area contributed by atoms with Crippen molar-refractivity contribution in [2.45, 2.75) is 32.7 Å². The Labute approximate surface area is 188 Å². The Hall–Kier alpha value is -3.95. The first-order valence-electron chi connectivity index (χ1n) is 10.3. The van der Waals surface area contributed by atoms with Crippen molar-refractivity contribution in [3.05, 3.63) is 65.5 Å². The number of ether oxygens (including phenoxy) is 1. The summed E-state index contributed by atoms with van der Waals surface area (Å²) in [6.07, 6.45) is 3.07. The van der Waals surface area contributed by atoms with Crippen LogP contribution in [0.5, 0.6) is 0 Å². The molecule has 3 heterocycles. The van der Waals surface area contributed by atoms with Gasteiger partial charge in [-0.15, -0.1) is 0 Å². The number of nitrogen functional groups attached to an aromatic ring is 1. The fourth-order valence-corrected chi connectivity index (χ4v) is 3.51. The molecule has 8 nitrogen and oxygen atoms in total. The fraction of sp³-hybridized carbons (Fsp3) is 0.261. The van der Waals surface area contributed by atoms with Crippen LogP contribution in [0.25, 0.3) is 22.6 Å². The van der Waals surface area contributed by atoms with Gasteiger partial charge >= 0.3 is 5.97 Å². The molecule has 33 heavy (non-hydrogen) atoms. The van der Waals surface area contributed by atoms with Gasteiger partial charge in [0.1, 0.15) is 23.1 Å². The molecule has 2 N–H and O–H groups in total.